The van der Waals surface area contributed by atoms with E-state index in [1.54, 1.807) is 20.0 Å². The van der Waals surface area contributed by atoms with E-state index in [4.69, 9.17) is 14.6 Å². The van der Waals surface area contributed by atoms with Gasteiger partial charge in [-0.05, 0) is 57.0 Å². The van der Waals surface area contributed by atoms with Crippen LogP contribution in [0.1, 0.15) is 46.0 Å². The van der Waals surface area contributed by atoms with Crippen LogP contribution in [0.3, 0.4) is 0 Å². The molecule has 2 heterocycles. The molecule has 0 saturated heterocycles. The van der Waals surface area contributed by atoms with Crippen molar-refractivity contribution in [2.24, 2.45) is 5.92 Å². The normalized spacial score (nSPS) is 11.7. The first-order valence-electron chi connectivity index (χ1n) is 10.6. The molecule has 0 unspecified atom stereocenters. The molecule has 3 rings (SSSR count). The average molecular weight is 422 g/mol. The molecule has 1 aromatic carbocycles. The summed E-state index contributed by atoms with van der Waals surface area (Å²) in [5.41, 5.74) is 2.77. The molecule has 0 bridgehead atoms. The maximum absolute atomic E-state index is 11.8. The Labute approximate surface area is 184 Å². The topological polar surface area (TPSA) is 66.2 Å². The molecule has 2 aromatic heterocycles. The van der Waals surface area contributed by atoms with Crippen molar-refractivity contribution in [3.63, 3.8) is 0 Å². The summed E-state index contributed by atoms with van der Waals surface area (Å²) in [6.45, 7) is 10.8. The molecular formula is C25H31N3O3. The van der Waals surface area contributed by atoms with E-state index in [1.807, 2.05) is 53.2 Å². The first-order chi connectivity index (χ1) is 14.7. The quantitative estimate of drug-likeness (QED) is 0.465. The van der Waals surface area contributed by atoms with Crippen molar-refractivity contribution in [2.75, 3.05) is 6.61 Å². The largest absolute Gasteiger partial charge is 0.493 e. The Hall–Kier alpha value is -2.99. The molecule has 0 saturated carbocycles. The van der Waals surface area contributed by atoms with Crippen LogP contribution in [0.4, 0.5) is 0 Å². The highest BCUT2D eigenvalue weighted by Crippen LogP contribution is 2.26. The molecule has 0 aliphatic carbocycles. The zero-order valence-electron chi connectivity index (χ0n) is 19.0. The number of carbonyl (C=O) groups is 1. The molecule has 6 nitrogen and oxygen atoms in total. The summed E-state index contributed by atoms with van der Waals surface area (Å²) in [6.07, 6.45) is 1.78. The van der Waals surface area contributed by atoms with Crippen LogP contribution >= 0.6 is 0 Å². The zero-order chi connectivity index (χ0) is 22.4. The SMILES string of the molecule is CC(=O)C(C)(C)OCc1cc(-c2cccc(OCC(C)C)c2)n(Cc2ccccn2)n1. The van der Waals surface area contributed by atoms with Crippen LogP contribution in [0.5, 0.6) is 5.75 Å². The van der Waals surface area contributed by atoms with Gasteiger partial charge >= 0.3 is 0 Å². The third-order valence-corrected chi connectivity index (χ3v) is 5.01. The van der Waals surface area contributed by atoms with Gasteiger partial charge in [0.25, 0.3) is 0 Å². The standard InChI is InChI=1S/C25H31N3O3/c1-18(2)16-30-23-11-8-9-20(13-23)24-14-22(17-31-25(4,5)19(3)29)27-28(24)15-21-10-6-7-12-26-21/h6-14,18H,15-17H2,1-5H3. The molecule has 0 aliphatic rings. The van der Waals surface area contributed by atoms with Gasteiger partial charge in [-0.2, -0.15) is 5.10 Å². The molecule has 0 spiro atoms. The zero-order valence-corrected chi connectivity index (χ0v) is 19.0. The Morgan fingerprint density at radius 1 is 1.10 bits per heavy atom. The lowest BCUT2D eigenvalue weighted by Crippen LogP contribution is -2.32. The second-order valence-electron chi connectivity index (χ2n) is 8.59. The molecule has 31 heavy (non-hydrogen) atoms. The van der Waals surface area contributed by atoms with Crippen LogP contribution in [0.25, 0.3) is 11.3 Å². The number of aromatic nitrogens is 3. The van der Waals surface area contributed by atoms with E-state index in [9.17, 15) is 4.79 Å². The summed E-state index contributed by atoms with van der Waals surface area (Å²) in [5.74, 6) is 1.26. The highest BCUT2D eigenvalue weighted by Gasteiger charge is 2.25. The minimum absolute atomic E-state index is 0.0179. The van der Waals surface area contributed by atoms with Gasteiger partial charge in [0.15, 0.2) is 5.78 Å². The lowest BCUT2D eigenvalue weighted by molar-refractivity contribution is -0.139. The highest BCUT2D eigenvalue weighted by atomic mass is 16.5. The van der Waals surface area contributed by atoms with Gasteiger partial charge in [-0.1, -0.05) is 32.0 Å². The summed E-state index contributed by atoms with van der Waals surface area (Å²) >= 11 is 0. The molecule has 164 valence electrons. The second-order valence-corrected chi connectivity index (χ2v) is 8.59. The number of ether oxygens (including phenoxy) is 2. The second kappa shape index (κ2) is 9.88. The maximum Gasteiger partial charge on any atom is 0.161 e. The number of hydrogen-bond donors (Lipinski definition) is 0. The van der Waals surface area contributed by atoms with Crippen LogP contribution in [0.2, 0.25) is 0 Å². The minimum atomic E-state index is -0.852. The summed E-state index contributed by atoms with van der Waals surface area (Å²) in [5, 5.41) is 4.75. The summed E-state index contributed by atoms with van der Waals surface area (Å²) in [4.78, 5) is 16.2. The molecule has 0 radical (unpaired) electrons. The number of benzene rings is 1. The minimum Gasteiger partial charge on any atom is -0.493 e. The van der Waals surface area contributed by atoms with E-state index in [0.717, 1.165) is 28.4 Å². The Bertz CT molecular complexity index is 1010. The fourth-order valence-electron chi connectivity index (χ4n) is 2.90. The first kappa shape index (κ1) is 22.7. The van der Waals surface area contributed by atoms with Crippen LogP contribution in [0, 0.1) is 5.92 Å². The molecular weight excluding hydrogens is 390 g/mol. The molecule has 3 aromatic rings. The van der Waals surface area contributed by atoms with Gasteiger partial charge in [-0.3, -0.25) is 14.5 Å². The van der Waals surface area contributed by atoms with Crippen molar-refractivity contribution in [3.8, 4) is 17.0 Å². The number of ketones is 1. The third kappa shape index (κ3) is 6.25. The van der Waals surface area contributed by atoms with Gasteiger partial charge in [0.1, 0.15) is 11.4 Å². The van der Waals surface area contributed by atoms with Crippen molar-refractivity contribution in [1.29, 1.82) is 0 Å². The number of rotatable bonds is 10. The van der Waals surface area contributed by atoms with Crippen molar-refractivity contribution in [1.82, 2.24) is 14.8 Å². The van der Waals surface area contributed by atoms with Crippen molar-refractivity contribution >= 4 is 5.78 Å². The van der Waals surface area contributed by atoms with E-state index in [2.05, 4.69) is 18.8 Å². The highest BCUT2D eigenvalue weighted by molar-refractivity contribution is 5.83. The molecule has 0 amide bonds. The van der Waals surface area contributed by atoms with E-state index < -0.39 is 5.60 Å². The van der Waals surface area contributed by atoms with E-state index >= 15 is 0 Å². The van der Waals surface area contributed by atoms with Crippen LogP contribution < -0.4 is 4.74 Å². The fourth-order valence-corrected chi connectivity index (χ4v) is 2.90. The first-order valence-corrected chi connectivity index (χ1v) is 10.6. The number of Topliss-reactive ketones (excluding diaryl/α,β-unsaturated/α-hetero) is 1. The van der Waals surface area contributed by atoms with Crippen LogP contribution in [-0.4, -0.2) is 32.8 Å². The smallest absolute Gasteiger partial charge is 0.161 e. The summed E-state index contributed by atoms with van der Waals surface area (Å²) in [7, 11) is 0. The van der Waals surface area contributed by atoms with Gasteiger partial charge in [0, 0.05) is 11.8 Å². The third-order valence-electron chi connectivity index (χ3n) is 5.01. The Kier molecular flexibility index (Phi) is 7.23. The Balaban J connectivity index is 1.90. The predicted octanol–water partition coefficient (Wildman–Crippen LogP) is 4.91. The molecule has 0 N–H and O–H groups in total. The monoisotopic (exact) mass is 421 g/mol. The Morgan fingerprint density at radius 2 is 1.90 bits per heavy atom. The van der Waals surface area contributed by atoms with Crippen LogP contribution in [0.15, 0.2) is 54.7 Å². The van der Waals surface area contributed by atoms with Crippen LogP contribution in [-0.2, 0) is 22.7 Å². The predicted molar refractivity (Wildman–Crippen MR) is 121 cm³/mol. The van der Waals surface area contributed by atoms with Gasteiger partial charge in [-0.15, -0.1) is 0 Å². The molecule has 0 aliphatic heterocycles. The van der Waals surface area contributed by atoms with Crippen molar-refractivity contribution < 1.29 is 14.3 Å². The van der Waals surface area contributed by atoms with Crippen molar-refractivity contribution in [2.45, 2.75) is 53.4 Å². The summed E-state index contributed by atoms with van der Waals surface area (Å²) in [6, 6.07) is 15.8. The molecule has 6 heteroatoms. The van der Waals surface area contributed by atoms with Gasteiger partial charge in [-0.25, -0.2) is 0 Å². The van der Waals surface area contributed by atoms with Gasteiger partial charge < -0.3 is 9.47 Å². The Morgan fingerprint density at radius 3 is 2.58 bits per heavy atom. The number of nitrogens with zero attached hydrogens (tertiary/aromatic N) is 3. The number of carbonyl (C=O) groups excluding carboxylic acids is 1. The number of hydrogen-bond acceptors (Lipinski definition) is 5. The van der Waals surface area contributed by atoms with Crippen molar-refractivity contribution in [3.05, 3.63) is 66.1 Å². The van der Waals surface area contributed by atoms with E-state index in [1.165, 1.54) is 6.92 Å². The fraction of sp³-hybridized carbons (Fsp3) is 0.400. The van der Waals surface area contributed by atoms with Gasteiger partial charge in [0.2, 0.25) is 0 Å². The molecule has 0 fully saturated rings. The number of pyridine rings is 1. The maximum atomic E-state index is 11.8. The summed E-state index contributed by atoms with van der Waals surface area (Å²) < 4.78 is 13.7. The average Bonchev–Trinajstić information content (AvgIpc) is 3.14. The van der Waals surface area contributed by atoms with E-state index in [-0.39, 0.29) is 12.4 Å². The molecule has 0 atom stereocenters. The van der Waals surface area contributed by atoms with Gasteiger partial charge in [0.05, 0.1) is 36.8 Å². The lowest BCUT2D eigenvalue weighted by Gasteiger charge is -2.21. The van der Waals surface area contributed by atoms with E-state index in [0.29, 0.717) is 19.1 Å². The lowest BCUT2D eigenvalue weighted by atomic mass is 10.1.